The number of halogens is 2. The Morgan fingerprint density at radius 2 is 1.69 bits per heavy atom. The molecule has 32 heavy (non-hydrogen) atoms. The molecule has 0 radical (unpaired) electrons. The number of fused-ring (bicyclic) bond motifs is 1. The molecule has 0 unspecified atom stereocenters. The Kier molecular flexibility index (Phi) is 6.28. The van der Waals surface area contributed by atoms with Crippen molar-refractivity contribution in [2.24, 2.45) is 15.2 Å². The molecule has 1 fully saturated rings. The number of hydrazone groups is 2. The molecule has 5 rings (SSSR count). The summed E-state index contributed by atoms with van der Waals surface area (Å²) in [6.07, 6.45) is 9.47. The summed E-state index contributed by atoms with van der Waals surface area (Å²) in [5.74, 6) is 1.62. The van der Waals surface area contributed by atoms with E-state index in [0.717, 1.165) is 46.9 Å². The van der Waals surface area contributed by atoms with Crippen LogP contribution in [-0.4, -0.2) is 35.0 Å². The van der Waals surface area contributed by atoms with Gasteiger partial charge in [0, 0.05) is 16.2 Å². The molecule has 2 heterocycles. The minimum atomic E-state index is 0.369. The van der Waals surface area contributed by atoms with Crippen molar-refractivity contribution in [3.05, 3.63) is 75.8 Å². The van der Waals surface area contributed by atoms with Crippen LogP contribution in [0, 0.1) is 0 Å². The topological polar surface area (TPSA) is 52.4 Å². The van der Waals surface area contributed by atoms with Crippen LogP contribution < -0.4 is 5.43 Å². The fraction of sp³-hybridized carbons (Fsp3) is 0.320. The highest BCUT2D eigenvalue weighted by Crippen LogP contribution is 2.30. The minimum absolute atomic E-state index is 0.369. The summed E-state index contributed by atoms with van der Waals surface area (Å²) >= 11 is 12.7. The first-order chi connectivity index (χ1) is 15.7. The van der Waals surface area contributed by atoms with Gasteiger partial charge in [-0.3, -0.25) is 10.4 Å². The van der Waals surface area contributed by atoms with Crippen molar-refractivity contribution in [3.63, 3.8) is 0 Å². The summed E-state index contributed by atoms with van der Waals surface area (Å²) in [6.45, 7) is 0.563. The zero-order valence-electron chi connectivity index (χ0n) is 17.8. The standard InChI is InChI=1S/C25H25Cl2N5/c26-18-13-11-17(12-14-18)21-15-24-30-29-23(28-19-7-3-1-2-4-8-19)16-32(24)31-25(21)20-9-5-6-10-22(20)27/h5-6,9-15,19H,1-4,7-8,16H2,(H,28,29). The van der Waals surface area contributed by atoms with Gasteiger partial charge in [-0.25, -0.2) is 5.01 Å². The van der Waals surface area contributed by atoms with Crippen LogP contribution >= 0.6 is 23.2 Å². The highest BCUT2D eigenvalue weighted by molar-refractivity contribution is 6.42. The summed E-state index contributed by atoms with van der Waals surface area (Å²) in [7, 11) is 0. The van der Waals surface area contributed by atoms with E-state index in [2.05, 4.69) is 10.5 Å². The molecule has 5 nitrogen and oxygen atoms in total. The Labute approximate surface area is 198 Å². The van der Waals surface area contributed by atoms with Crippen molar-refractivity contribution >= 4 is 46.2 Å². The quantitative estimate of drug-likeness (QED) is 0.553. The maximum Gasteiger partial charge on any atom is 0.170 e. The molecule has 1 aliphatic carbocycles. The molecule has 3 aliphatic rings. The second-order valence-electron chi connectivity index (χ2n) is 8.35. The van der Waals surface area contributed by atoms with E-state index in [-0.39, 0.29) is 0 Å². The molecule has 2 aromatic carbocycles. The van der Waals surface area contributed by atoms with Crippen molar-refractivity contribution in [2.45, 2.75) is 44.6 Å². The average molecular weight is 466 g/mol. The van der Waals surface area contributed by atoms with Crippen molar-refractivity contribution in [2.75, 3.05) is 6.54 Å². The van der Waals surface area contributed by atoms with Crippen LogP contribution in [0.2, 0.25) is 10.0 Å². The summed E-state index contributed by atoms with van der Waals surface area (Å²) in [5, 5.41) is 12.8. The Morgan fingerprint density at radius 3 is 2.44 bits per heavy atom. The molecule has 0 spiro atoms. The fourth-order valence-electron chi connectivity index (χ4n) is 4.38. The Bertz CT molecular complexity index is 1110. The van der Waals surface area contributed by atoms with E-state index in [9.17, 15) is 0 Å². The Morgan fingerprint density at radius 1 is 0.938 bits per heavy atom. The van der Waals surface area contributed by atoms with Gasteiger partial charge in [0.05, 0.1) is 11.1 Å². The molecule has 0 atom stereocenters. The number of aliphatic imine (C=N–C) groups is 1. The normalized spacial score (nSPS) is 20.6. The van der Waals surface area contributed by atoms with Crippen molar-refractivity contribution < 1.29 is 0 Å². The van der Waals surface area contributed by atoms with E-state index in [1.807, 2.05) is 59.6 Å². The number of hydrogen-bond acceptors (Lipinski definition) is 4. The zero-order chi connectivity index (χ0) is 21.9. The lowest BCUT2D eigenvalue weighted by atomic mass is 9.94. The second kappa shape index (κ2) is 9.47. The van der Waals surface area contributed by atoms with Gasteiger partial charge in [-0.05, 0) is 42.7 Å². The number of hydrogen-bond donors (Lipinski definition) is 1. The second-order valence-corrected chi connectivity index (χ2v) is 9.20. The van der Waals surface area contributed by atoms with Gasteiger partial charge in [0.1, 0.15) is 18.1 Å². The molecule has 2 aliphatic heterocycles. The summed E-state index contributed by atoms with van der Waals surface area (Å²) in [6, 6.07) is 15.9. The van der Waals surface area contributed by atoms with Gasteiger partial charge in [0.15, 0.2) is 5.84 Å². The third kappa shape index (κ3) is 4.59. The highest BCUT2D eigenvalue weighted by atomic mass is 35.5. The molecule has 0 aromatic heterocycles. The van der Waals surface area contributed by atoms with Crippen LogP contribution in [-0.2, 0) is 0 Å². The van der Waals surface area contributed by atoms with Crippen LogP contribution in [0.15, 0.2) is 69.8 Å². The Hall–Kier alpha value is -2.63. The van der Waals surface area contributed by atoms with Gasteiger partial charge in [0.25, 0.3) is 0 Å². The average Bonchev–Trinajstić information content (AvgIpc) is 3.08. The lowest BCUT2D eigenvalue weighted by Crippen LogP contribution is -2.44. The monoisotopic (exact) mass is 465 g/mol. The van der Waals surface area contributed by atoms with Crippen LogP contribution in [0.1, 0.15) is 49.7 Å². The SMILES string of the molecule is Clc1ccc(C2=CC3=NNC(=NC4CCCCCC4)CN3N=C2c2ccccc2Cl)cc1. The number of rotatable bonds is 3. The summed E-state index contributed by atoms with van der Waals surface area (Å²) < 4.78 is 0. The number of allylic oxidation sites excluding steroid dienone is 1. The Balaban J connectivity index is 1.51. The molecule has 2 aromatic rings. The number of nitrogens with one attached hydrogen (secondary N) is 1. The number of nitrogens with zero attached hydrogens (tertiary/aromatic N) is 4. The van der Waals surface area contributed by atoms with Crippen molar-refractivity contribution in [1.29, 1.82) is 0 Å². The molecule has 0 amide bonds. The van der Waals surface area contributed by atoms with E-state index in [0.29, 0.717) is 22.6 Å². The molecule has 0 saturated heterocycles. The predicted molar refractivity (Wildman–Crippen MR) is 134 cm³/mol. The lowest BCUT2D eigenvalue weighted by molar-refractivity contribution is 0.479. The van der Waals surface area contributed by atoms with Crippen LogP contribution in [0.5, 0.6) is 0 Å². The molecular weight excluding hydrogens is 441 g/mol. The highest BCUT2D eigenvalue weighted by Gasteiger charge is 2.27. The van der Waals surface area contributed by atoms with E-state index >= 15 is 0 Å². The molecule has 7 heteroatoms. The third-order valence-electron chi connectivity index (χ3n) is 6.06. The third-order valence-corrected chi connectivity index (χ3v) is 6.64. The number of benzene rings is 2. The van der Waals surface area contributed by atoms with Gasteiger partial charge in [-0.15, -0.1) is 0 Å². The van der Waals surface area contributed by atoms with Crippen LogP contribution in [0.25, 0.3) is 5.57 Å². The first kappa shape index (κ1) is 21.2. The maximum atomic E-state index is 6.57. The van der Waals surface area contributed by atoms with Crippen molar-refractivity contribution in [1.82, 2.24) is 10.4 Å². The molecular formula is C25H25Cl2N5. The van der Waals surface area contributed by atoms with Gasteiger partial charge in [-0.1, -0.05) is 79.2 Å². The smallest absolute Gasteiger partial charge is 0.170 e. The fourth-order valence-corrected chi connectivity index (χ4v) is 4.73. The van der Waals surface area contributed by atoms with Gasteiger partial charge in [-0.2, -0.15) is 10.2 Å². The lowest BCUT2D eigenvalue weighted by Gasteiger charge is -2.30. The van der Waals surface area contributed by atoms with Crippen LogP contribution in [0.3, 0.4) is 0 Å². The summed E-state index contributed by atoms with van der Waals surface area (Å²) in [4.78, 5) is 4.97. The molecule has 1 N–H and O–H groups in total. The number of amidine groups is 2. The van der Waals surface area contributed by atoms with E-state index in [4.69, 9.17) is 33.3 Å². The van der Waals surface area contributed by atoms with Crippen molar-refractivity contribution in [3.8, 4) is 0 Å². The predicted octanol–water partition coefficient (Wildman–Crippen LogP) is 6.13. The zero-order valence-corrected chi connectivity index (χ0v) is 19.3. The molecule has 1 saturated carbocycles. The first-order valence-electron chi connectivity index (χ1n) is 11.2. The largest absolute Gasteiger partial charge is 0.266 e. The molecule has 164 valence electrons. The van der Waals surface area contributed by atoms with Crippen LogP contribution in [0.4, 0.5) is 0 Å². The van der Waals surface area contributed by atoms with Gasteiger partial charge >= 0.3 is 0 Å². The minimum Gasteiger partial charge on any atom is -0.266 e. The van der Waals surface area contributed by atoms with E-state index < -0.39 is 0 Å². The first-order valence-corrected chi connectivity index (χ1v) is 11.9. The summed E-state index contributed by atoms with van der Waals surface area (Å²) in [5.41, 5.74) is 6.83. The van der Waals surface area contributed by atoms with E-state index in [1.54, 1.807) is 0 Å². The maximum absolute atomic E-state index is 6.57. The van der Waals surface area contributed by atoms with Gasteiger partial charge in [0.2, 0.25) is 0 Å². The van der Waals surface area contributed by atoms with E-state index in [1.165, 1.54) is 25.7 Å². The molecule has 0 bridgehead atoms. The van der Waals surface area contributed by atoms with Gasteiger partial charge < -0.3 is 0 Å².